The Morgan fingerprint density at radius 1 is 0.677 bits per heavy atom. The Kier molecular flexibility index (Phi) is 5.92. The van der Waals surface area contributed by atoms with Gasteiger partial charge in [-0.25, -0.2) is 0 Å². The zero-order valence-corrected chi connectivity index (χ0v) is 18.7. The van der Waals surface area contributed by atoms with Crippen LogP contribution in [0.2, 0.25) is 0 Å². The highest BCUT2D eigenvalue weighted by atomic mass is 32.2. The van der Waals surface area contributed by atoms with E-state index < -0.39 is 17.2 Å². The first-order valence-electron chi connectivity index (χ1n) is 9.78. The predicted molar refractivity (Wildman–Crippen MR) is 128 cm³/mol. The molecule has 0 saturated heterocycles. The van der Waals surface area contributed by atoms with Gasteiger partial charge in [-0.2, -0.15) is 8.42 Å². The summed E-state index contributed by atoms with van der Waals surface area (Å²) in [4.78, 5) is -0.181. The minimum absolute atomic E-state index is 0.181. The Morgan fingerprint density at radius 2 is 1.10 bits per heavy atom. The number of rotatable bonds is 5. The van der Waals surface area contributed by atoms with Gasteiger partial charge in [-0.15, -0.1) is 0 Å². The van der Waals surface area contributed by atoms with E-state index in [1.165, 1.54) is 6.07 Å². The molecule has 4 aromatic carbocycles. The summed E-state index contributed by atoms with van der Waals surface area (Å²) < 4.78 is 39.5. The minimum atomic E-state index is -4.45. The number of benzene rings is 4. The van der Waals surface area contributed by atoms with E-state index >= 15 is 0 Å². The van der Waals surface area contributed by atoms with Gasteiger partial charge < -0.3 is 0 Å². The van der Waals surface area contributed by atoms with Crippen molar-refractivity contribution in [3.05, 3.63) is 115 Å². The van der Waals surface area contributed by atoms with Crippen molar-refractivity contribution in [2.75, 3.05) is 0 Å². The van der Waals surface area contributed by atoms with Crippen LogP contribution in [0.1, 0.15) is 5.56 Å². The van der Waals surface area contributed by atoms with E-state index in [9.17, 15) is 13.0 Å². The lowest BCUT2D eigenvalue weighted by atomic mass is 10.2. The fraction of sp³-hybridized carbons (Fsp3) is 0.0400. The summed E-state index contributed by atoms with van der Waals surface area (Å²) in [6.45, 7) is 1.78. The first-order chi connectivity index (χ1) is 14.9. The van der Waals surface area contributed by atoms with Gasteiger partial charge in [0.15, 0.2) is 0 Å². The fourth-order valence-corrected chi connectivity index (χ4v) is 7.95. The second-order valence-corrected chi connectivity index (χ2v) is 11.6. The van der Waals surface area contributed by atoms with Crippen LogP contribution in [0, 0.1) is 6.92 Å². The zero-order chi connectivity index (χ0) is 21.9. The fourth-order valence-electron chi connectivity index (χ4n) is 3.62. The molecule has 0 amide bonds. The van der Waals surface area contributed by atoms with E-state index in [2.05, 4.69) is 0 Å². The largest absolute Gasteiger partial charge is 0.296 e. The Morgan fingerprint density at radius 3 is 1.48 bits per heavy atom. The normalized spacial score (nSPS) is 11.8. The van der Waals surface area contributed by atoms with E-state index in [1.54, 1.807) is 13.0 Å². The van der Waals surface area contributed by atoms with Gasteiger partial charge in [0.25, 0.3) is 10.1 Å². The smallest absolute Gasteiger partial charge is 0.282 e. The Bertz CT molecular complexity index is 1250. The predicted octanol–water partition coefficient (Wildman–Crippen LogP) is 5.05. The monoisotopic (exact) mass is 447 g/mol. The highest BCUT2D eigenvalue weighted by Gasteiger charge is 2.28. The van der Waals surface area contributed by atoms with Crippen molar-refractivity contribution < 1.29 is 13.0 Å². The zero-order valence-electron chi connectivity index (χ0n) is 17.0. The first-order valence-corrected chi connectivity index (χ1v) is 13.0. The van der Waals surface area contributed by atoms with Crippen molar-refractivity contribution in [1.29, 1.82) is 0 Å². The van der Waals surface area contributed by atoms with E-state index in [1.807, 2.05) is 97.1 Å². The molecule has 4 rings (SSSR count). The van der Waals surface area contributed by atoms with Crippen molar-refractivity contribution >= 4 is 38.8 Å². The summed E-state index contributed by atoms with van der Waals surface area (Å²) in [5.41, 5.74) is 0.979. The molecule has 0 heterocycles. The Labute approximate surface area is 183 Å². The second-order valence-electron chi connectivity index (χ2n) is 7.19. The molecule has 0 aromatic heterocycles. The van der Waals surface area contributed by atoms with Crippen molar-refractivity contribution in [3.63, 3.8) is 0 Å². The summed E-state index contributed by atoms with van der Waals surface area (Å²) in [5.74, 6) is 0. The molecule has 0 spiro atoms. The number of hydrogen-bond donors (Lipinski definition) is 1. The lowest BCUT2D eigenvalue weighted by molar-refractivity contribution is 0.483. The molecule has 0 unspecified atom stereocenters. The molecule has 0 saturated carbocycles. The molecule has 0 aliphatic carbocycles. The van der Waals surface area contributed by atoms with Gasteiger partial charge in [0.05, 0.1) is 12.7 Å². The van der Waals surface area contributed by atoms with Crippen LogP contribution in [0.4, 0.5) is 5.69 Å². The molecule has 0 bridgehead atoms. The van der Waals surface area contributed by atoms with E-state index in [4.69, 9.17) is 4.74 Å². The van der Waals surface area contributed by atoms with Crippen LogP contribution in [0.5, 0.6) is 0 Å². The van der Waals surface area contributed by atoms with Crippen LogP contribution in [0.3, 0.4) is 0 Å². The van der Waals surface area contributed by atoms with Gasteiger partial charge in [0.2, 0.25) is 0 Å². The molecule has 0 aliphatic heterocycles. The maximum absolute atomic E-state index is 12.2. The van der Waals surface area contributed by atoms with Gasteiger partial charge in [-0.1, -0.05) is 97.1 Å². The standard InChI is InChI=1S/C25H22NO3PS/c1-20-17-18-24(25(19-20)31(27,28)29)26-30(21-11-5-2-6-12-21,22-13-7-3-8-14-22)23-15-9-4-10-16-23/h2-19H,1H3,(H,27,28,29). The summed E-state index contributed by atoms with van der Waals surface area (Å²) in [6, 6.07) is 34.7. The number of nitrogens with zero attached hydrogens (tertiary/aromatic N) is 1. The molecule has 0 aliphatic rings. The summed E-state index contributed by atoms with van der Waals surface area (Å²) in [7, 11) is -7.09. The maximum Gasteiger partial charge on any atom is 0.296 e. The summed E-state index contributed by atoms with van der Waals surface area (Å²) >= 11 is 0. The van der Waals surface area contributed by atoms with E-state index in [0.29, 0.717) is 0 Å². The Hall–Kier alpha value is -2.98. The lowest BCUT2D eigenvalue weighted by Gasteiger charge is -2.27. The Balaban J connectivity index is 2.20. The van der Waals surface area contributed by atoms with Crippen LogP contribution in [0.25, 0.3) is 0 Å². The van der Waals surface area contributed by atoms with Crippen LogP contribution >= 0.6 is 7.05 Å². The first kappa shape index (κ1) is 21.3. The number of hydrogen-bond acceptors (Lipinski definition) is 3. The third kappa shape index (κ3) is 4.26. The second kappa shape index (κ2) is 8.64. The van der Waals surface area contributed by atoms with Crippen LogP contribution < -0.4 is 15.9 Å². The van der Waals surface area contributed by atoms with Crippen LogP contribution in [-0.2, 0) is 10.1 Å². The maximum atomic E-state index is 12.2. The van der Waals surface area contributed by atoms with Crippen LogP contribution in [0.15, 0.2) is 119 Å². The molecule has 31 heavy (non-hydrogen) atoms. The molecular weight excluding hydrogens is 425 g/mol. The molecule has 0 atom stereocenters. The minimum Gasteiger partial charge on any atom is -0.282 e. The highest BCUT2D eigenvalue weighted by Crippen LogP contribution is 2.50. The molecule has 4 aromatic rings. The highest BCUT2D eigenvalue weighted by molar-refractivity contribution is 7.87. The van der Waals surface area contributed by atoms with Gasteiger partial charge in [-0.05, 0) is 24.6 Å². The van der Waals surface area contributed by atoms with Gasteiger partial charge in [0, 0.05) is 15.9 Å². The molecular formula is C25H22NO3PS. The molecule has 0 fully saturated rings. The van der Waals surface area contributed by atoms with Gasteiger partial charge in [-0.3, -0.25) is 9.30 Å². The quantitative estimate of drug-likeness (QED) is 0.344. The third-order valence-corrected chi connectivity index (χ3v) is 9.58. The van der Waals surface area contributed by atoms with Crippen LogP contribution in [-0.4, -0.2) is 13.0 Å². The van der Waals surface area contributed by atoms with Gasteiger partial charge in [0.1, 0.15) is 4.90 Å². The molecule has 1 N–H and O–H groups in total. The molecule has 4 nitrogen and oxygen atoms in total. The lowest BCUT2D eigenvalue weighted by Crippen LogP contribution is -2.25. The van der Waals surface area contributed by atoms with Gasteiger partial charge >= 0.3 is 0 Å². The third-order valence-electron chi connectivity index (χ3n) is 5.04. The summed E-state index contributed by atoms with van der Waals surface area (Å²) in [6.07, 6.45) is 0. The molecule has 156 valence electrons. The van der Waals surface area contributed by atoms with Crippen molar-refractivity contribution in [2.45, 2.75) is 11.8 Å². The topological polar surface area (TPSA) is 66.7 Å². The molecule has 6 heteroatoms. The average molecular weight is 447 g/mol. The average Bonchev–Trinajstić information content (AvgIpc) is 2.79. The van der Waals surface area contributed by atoms with Crippen molar-refractivity contribution in [3.8, 4) is 0 Å². The number of aryl methyl sites for hydroxylation is 1. The SMILES string of the molecule is Cc1ccc(N=P(c2ccccc2)(c2ccccc2)c2ccccc2)c(S(=O)(=O)O)c1. The van der Waals surface area contributed by atoms with Crippen molar-refractivity contribution in [1.82, 2.24) is 0 Å². The van der Waals surface area contributed by atoms with Crippen molar-refractivity contribution in [2.24, 2.45) is 4.74 Å². The molecule has 0 radical (unpaired) electrons. The van der Waals surface area contributed by atoms with E-state index in [-0.39, 0.29) is 10.6 Å². The summed E-state index contributed by atoms with van der Waals surface area (Å²) in [5, 5.41) is 2.98. The van der Waals surface area contributed by atoms with E-state index in [0.717, 1.165) is 21.5 Å².